The SMILES string of the molecule is C=CCN(C)C[C@H]1C[C@@H](c2ccc(CO)cc2)O[C@@H](c2ccc(NC(=O)N[C@@H](Cc3ccccc3)C(=O)OC)cc2)O1. The minimum Gasteiger partial charge on any atom is -0.467 e. The summed E-state index contributed by atoms with van der Waals surface area (Å²) in [5.41, 5.74) is 4.12. The van der Waals surface area contributed by atoms with Crippen molar-refractivity contribution in [1.82, 2.24) is 10.2 Å². The van der Waals surface area contributed by atoms with E-state index >= 15 is 0 Å². The number of hydrogen-bond donors (Lipinski definition) is 3. The van der Waals surface area contributed by atoms with Crippen LogP contribution < -0.4 is 10.6 Å². The van der Waals surface area contributed by atoms with Crippen LogP contribution in [0.5, 0.6) is 0 Å². The molecule has 0 aliphatic carbocycles. The van der Waals surface area contributed by atoms with Crippen molar-refractivity contribution < 1.29 is 28.9 Å². The molecule has 42 heavy (non-hydrogen) atoms. The molecule has 1 aliphatic rings. The first kappa shape index (κ1) is 30.9. The van der Waals surface area contributed by atoms with E-state index in [1.807, 2.05) is 79.9 Å². The van der Waals surface area contributed by atoms with Crippen molar-refractivity contribution in [1.29, 1.82) is 0 Å². The molecular formula is C33H39N3O6. The number of hydrogen-bond acceptors (Lipinski definition) is 7. The Morgan fingerprint density at radius 3 is 2.36 bits per heavy atom. The fourth-order valence-electron chi connectivity index (χ4n) is 4.91. The van der Waals surface area contributed by atoms with Crippen LogP contribution in [0.3, 0.4) is 0 Å². The number of aliphatic hydroxyl groups excluding tert-OH is 1. The van der Waals surface area contributed by atoms with Gasteiger partial charge in [-0.25, -0.2) is 9.59 Å². The summed E-state index contributed by atoms with van der Waals surface area (Å²) in [4.78, 5) is 27.2. The number of carbonyl (C=O) groups excluding carboxylic acids is 2. The Bertz CT molecular complexity index is 1300. The highest BCUT2D eigenvalue weighted by molar-refractivity contribution is 5.92. The second-order valence-electron chi connectivity index (χ2n) is 10.3. The molecule has 0 radical (unpaired) electrons. The van der Waals surface area contributed by atoms with E-state index in [4.69, 9.17) is 14.2 Å². The van der Waals surface area contributed by atoms with E-state index in [0.717, 1.165) is 28.8 Å². The van der Waals surface area contributed by atoms with Crippen molar-refractivity contribution >= 4 is 17.7 Å². The Labute approximate surface area is 247 Å². The molecule has 3 aromatic carbocycles. The van der Waals surface area contributed by atoms with E-state index in [1.54, 1.807) is 12.1 Å². The summed E-state index contributed by atoms with van der Waals surface area (Å²) in [5.74, 6) is -0.523. The fourth-order valence-corrected chi connectivity index (χ4v) is 4.91. The van der Waals surface area contributed by atoms with Gasteiger partial charge in [-0.05, 0) is 35.9 Å². The number of likely N-dealkylation sites (N-methyl/N-ethyl adjacent to an activating group) is 1. The third-order valence-electron chi connectivity index (χ3n) is 7.09. The number of amides is 2. The molecule has 0 unspecified atom stereocenters. The molecule has 0 bridgehead atoms. The van der Waals surface area contributed by atoms with Crippen LogP contribution in [0.4, 0.5) is 10.5 Å². The second-order valence-corrected chi connectivity index (χ2v) is 10.3. The molecule has 1 saturated heterocycles. The van der Waals surface area contributed by atoms with Crippen LogP contribution in [0.25, 0.3) is 0 Å². The van der Waals surface area contributed by atoms with Crippen LogP contribution in [0.15, 0.2) is 91.5 Å². The lowest BCUT2D eigenvalue weighted by Gasteiger charge is -2.37. The summed E-state index contributed by atoms with van der Waals surface area (Å²) in [6.07, 6.45) is 1.96. The minimum atomic E-state index is -0.833. The fraction of sp³-hybridized carbons (Fsp3) is 0.333. The Balaban J connectivity index is 1.43. The van der Waals surface area contributed by atoms with Gasteiger partial charge in [0.1, 0.15) is 6.04 Å². The zero-order chi connectivity index (χ0) is 29.9. The van der Waals surface area contributed by atoms with Crippen LogP contribution >= 0.6 is 0 Å². The summed E-state index contributed by atoms with van der Waals surface area (Å²) < 4.78 is 17.7. The van der Waals surface area contributed by atoms with E-state index < -0.39 is 24.3 Å². The normalized spacial score (nSPS) is 19.1. The van der Waals surface area contributed by atoms with Crippen LogP contribution in [0.2, 0.25) is 0 Å². The number of anilines is 1. The van der Waals surface area contributed by atoms with Gasteiger partial charge in [0.15, 0.2) is 6.29 Å². The van der Waals surface area contributed by atoms with Crippen LogP contribution in [0.1, 0.15) is 41.1 Å². The molecule has 1 heterocycles. The molecule has 3 aromatic rings. The molecule has 2 amide bonds. The van der Waals surface area contributed by atoms with Gasteiger partial charge in [-0.3, -0.25) is 0 Å². The second kappa shape index (κ2) is 15.3. The highest BCUT2D eigenvalue weighted by atomic mass is 16.7. The van der Waals surface area contributed by atoms with Gasteiger partial charge < -0.3 is 34.9 Å². The number of nitrogens with zero attached hydrogens (tertiary/aromatic N) is 1. The van der Waals surface area contributed by atoms with Crippen molar-refractivity contribution in [2.45, 2.75) is 44.0 Å². The topological polar surface area (TPSA) is 109 Å². The Morgan fingerprint density at radius 2 is 1.71 bits per heavy atom. The third-order valence-corrected chi connectivity index (χ3v) is 7.09. The summed E-state index contributed by atoms with van der Waals surface area (Å²) >= 11 is 0. The Morgan fingerprint density at radius 1 is 1.02 bits per heavy atom. The first-order valence-corrected chi connectivity index (χ1v) is 14.0. The average Bonchev–Trinajstić information content (AvgIpc) is 3.01. The zero-order valence-corrected chi connectivity index (χ0v) is 24.1. The monoisotopic (exact) mass is 573 g/mol. The molecule has 3 N–H and O–H groups in total. The lowest BCUT2D eigenvalue weighted by Crippen LogP contribution is -2.45. The van der Waals surface area contributed by atoms with Crippen molar-refractivity contribution in [3.05, 3.63) is 114 Å². The predicted molar refractivity (Wildman–Crippen MR) is 161 cm³/mol. The van der Waals surface area contributed by atoms with Crippen molar-refractivity contribution in [2.75, 3.05) is 32.6 Å². The number of methoxy groups -OCH3 is 1. The van der Waals surface area contributed by atoms with Crippen molar-refractivity contribution in [2.24, 2.45) is 0 Å². The lowest BCUT2D eigenvalue weighted by molar-refractivity contribution is -0.252. The highest BCUT2D eigenvalue weighted by Crippen LogP contribution is 2.38. The number of nitrogens with one attached hydrogen (secondary N) is 2. The molecule has 4 atom stereocenters. The van der Waals surface area contributed by atoms with Crippen molar-refractivity contribution in [3.8, 4) is 0 Å². The molecule has 9 heteroatoms. The first-order valence-electron chi connectivity index (χ1n) is 14.0. The van der Waals surface area contributed by atoms with Crippen LogP contribution in [0, 0.1) is 0 Å². The van der Waals surface area contributed by atoms with Crippen LogP contribution in [-0.4, -0.2) is 61.4 Å². The molecule has 1 fully saturated rings. The van der Waals surface area contributed by atoms with Gasteiger partial charge in [0.25, 0.3) is 0 Å². The number of ether oxygens (including phenoxy) is 3. The number of rotatable bonds is 12. The summed E-state index contributed by atoms with van der Waals surface area (Å²) in [6.45, 7) is 5.27. The molecular weight excluding hydrogens is 534 g/mol. The van der Waals surface area contributed by atoms with Gasteiger partial charge in [0, 0.05) is 37.2 Å². The summed E-state index contributed by atoms with van der Waals surface area (Å²) in [7, 11) is 3.32. The van der Waals surface area contributed by atoms with Gasteiger partial charge in [-0.2, -0.15) is 0 Å². The molecule has 0 saturated carbocycles. The Hall–Kier alpha value is -4.02. The quantitative estimate of drug-likeness (QED) is 0.212. The minimum absolute atomic E-state index is 0.0126. The lowest BCUT2D eigenvalue weighted by atomic mass is 9.99. The number of carbonyl (C=O) groups is 2. The maximum atomic E-state index is 12.8. The van der Waals surface area contributed by atoms with Gasteiger partial charge in [0.05, 0.1) is 25.9 Å². The maximum Gasteiger partial charge on any atom is 0.328 e. The molecule has 4 rings (SSSR count). The Kier molecular flexibility index (Phi) is 11.2. The van der Waals surface area contributed by atoms with Crippen molar-refractivity contribution in [3.63, 3.8) is 0 Å². The molecule has 0 spiro atoms. The van der Waals surface area contributed by atoms with E-state index in [0.29, 0.717) is 25.1 Å². The van der Waals surface area contributed by atoms with Gasteiger partial charge in [0.2, 0.25) is 0 Å². The molecule has 0 aromatic heterocycles. The number of esters is 1. The number of benzene rings is 3. The number of urea groups is 1. The predicted octanol–water partition coefficient (Wildman–Crippen LogP) is 4.75. The first-order chi connectivity index (χ1) is 20.4. The smallest absolute Gasteiger partial charge is 0.328 e. The zero-order valence-electron chi connectivity index (χ0n) is 24.1. The largest absolute Gasteiger partial charge is 0.467 e. The van der Waals surface area contributed by atoms with E-state index in [-0.39, 0.29) is 18.8 Å². The standard InChI is InChI=1S/C33H39N3O6/c1-4-18-36(2)21-28-20-30(25-12-10-24(22-37)11-13-25)42-32(41-28)26-14-16-27(17-15-26)34-33(39)35-29(31(38)40-3)19-23-8-6-5-7-9-23/h4-17,28-30,32,37H,1,18-22H2,2-3H3,(H2,34,35,39)/t28-,29+,30+,32+/m1/s1. The van der Waals surface area contributed by atoms with Gasteiger partial charge in [-0.15, -0.1) is 6.58 Å². The molecule has 222 valence electrons. The number of aliphatic hydroxyl groups is 1. The van der Waals surface area contributed by atoms with Crippen LogP contribution in [-0.2, 0) is 32.0 Å². The van der Waals surface area contributed by atoms with Gasteiger partial charge >= 0.3 is 12.0 Å². The molecule has 1 aliphatic heterocycles. The van der Waals surface area contributed by atoms with E-state index in [2.05, 4.69) is 22.1 Å². The average molecular weight is 574 g/mol. The van der Waals surface area contributed by atoms with E-state index in [1.165, 1.54) is 7.11 Å². The third kappa shape index (κ3) is 8.74. The van der Waals surface area contributed by atoms with E-state index in [9.17, 15) is 14.7 Å². The van der Waals surface area contributed by atoms with Gasteiger partial charge in [-0.1, -0.05) is 72.8 Å². The maximum absolute atomic E-state index is 12.8. The summed E-state index contributed by atoms with van der Waals surface area (Å²) in [6, 6.07) is 23.1. The summed E-state index contributed by atoms with van der Waals surface area (Å²) in [5, 5.41) is 14.9. The molecule has 9 nitrogen and oxygen atoms in total. The highest BCUT2D eigenvalue weighted by Gasteiger charge is 2.32.